The first-order chi connectivity index (χ1) is 8.38. The summed E-state index contributed by atoms with van der Waals surface area (Å²) >= 11 is 0. The third-order valence-corrected chi connectivity index (χ3v) is 3.22. The van der Waals surface area contributed by atoms with Crippen LogP contribution in [0.25, 0.3) is 0 Å². The fourth-order valence-electron chi connectivity index (χ4n) is 2.26. The zero-order valence-electron chi connectivity index (χ0n) is 10.7. The Bertz CT molecular complexity index is 318. The van der Waals surface area contributed by atoms with E-state index in [1.165, 1.54) is 26.1 Å². The molecule has 4 nitrogen and oxygen atoms in total. The van der Waals surface area contributed by atoms with Crippen molar-refractivity contribution < 1.29 is 4.52 Å². The Morgan fingerprint density at radius 3 is 2.94 bits per heavy atom. The van der Waals surface area contributed by atoms with Gasteiger partial charge in [0, 0.05) is 38.7 Å². The lowest BCUT2D eigenvalue weighted by Gasteiger charge is -2.26. The molecule has 1 N–H and O–H groups in total. The van der Waals surface area contributed by atoms with Crippen molar-refractivity contribution in [3.05, 3.63) is 17.5 Å². The normalized spacial score (nSPS) is 17.5. The minimum Gasteiger partial charge on any atom is -0.361 e. The Hall–Kier alpha value is -0.870. The highest BCUT2D eigenvalue weighted by Crippen LogP contribution is 2.08. The maximum atomic E-state index is 5.33. The van der Waals surface area contributed by atoms with Crippen LogP contribution in [-0.4, -0.2) is 42.8 Å². The van der Waals surface area contributed by atoms with E-state index in [9.17, 15) is 0 Å². The Kier molecular flexibility index (Phi) is 5.01. The second-order valence-electron chi connectivity index (χ2n) is 4.73. The molecule has 0 atom stereocenters. The van der Waals surface area contributed by atoms with Crippen molar-refractivity contribution in [3.8, 4) is 0 Å². The molecule has 1 saturated heterocycles. The van der Waals surface area contributed by atoms with Crippen LogP contribution in [0.1, 0.15) is 31.2 Å². The van der Waals surface area contributed by atoms with Crippen molar-refractivity contribution in [3.63, 3.8) is 0 Å². The SMILES string of the molecule is CCCc1cc(CCCN2CCNCC2)on1. The van der Waals surface area contributed by atoms with Gasteiger partial charge in [0.05, 0.1) is 5.69 Å². The molecular formula is C13H23N3O. The quantitative estimate of drug-likeness (QED) is 0.813. The second kappa shape index (κ2) is 6.77. The van der Waals surface area contributed by atoms with Crippen LogP contribution in [0.5, 0.6) is 0 Å². The molecule has 1 aromatic heterocycles. The molecule has 1 aliphatic rings. The van der Waals surface area contributed by atoms with Crippen molar-refractivity contribution in [2.45, 2.75) is 32.6 Å². The zero-order chi connectivity index (χ0) is 11.9. The molecule has 0 saturated carbocycles. The molecule has 96 valence electrons. The molecule has 0 spiro atoms. The van der Waals surface area contributed by atoms with Crippen molar-refractivity contribution in [2.24, 2.45) is 0 Å². The summed E-state index contributed by atoms with van der Waals surface area (Å²) in [5.74, 6) is 1.04. The summed E-state index contributed by atoms with van der Waals surface area (Å²) in [6, 6.07) is 2.11. The Morgan fingerprint density at radius 2 is 2.18 bits per heavy atom. The molecule has 0 bridgehead atoms. The highest BCUT2D eigenvalue weighted by molar-refractivity contribution is 5.05. The molecule has 17 heavy (non-hydrogen) atoms. The molecule has 0 unspecified atom stereocenters. The van der Waals surface area contributed by atoms with Crippen LogP contribution < -0.4 is 5.32 Å². The fourth-order valence-corrected chi connectivity index (χ4v) is 2.26. The number of rotatable bonds is 6. The zero-order valence-corrected chi connectivity index (χ0v) is 10.7. The van der Waals surface area contributed by atoms with E-state index >= 15 is 0 Å². The standard InChI is InChI=1S/C13H23N3O/c1-2-4-12-11-13(17-15-12)5-3-8-16-9-6-14-7-10-16/h11,14H,2-10H2,1H3. The predicted molar refractivity (Wildman–Crippen MR) is 68.1 cm³/mol. The lowest BCUT2D eigenvalue weighted by molar-refractivity contribution is 0.235. The van der Waals surface area contributed by atoms with E-state index < -0.39 is 0 Å². The topological polar surface area (TPSA) is 41.3 Å². The van der Waals surface area contributed by atoms with Crippen LogP contribution in [-0.2, 0) is 12.8 Å². The predicted octanol–water partition coefficient (Wildman–Crippen LogP) is 1.46. The van der Waals surface area contributed by atoms with Crippen LogP contribution in [0.3, 0.4) is 0 Å². The smallest absolute Gasteiger partial charge is 0.137 e. The van der Waals surface area contributed by atoms with Crippen LogP contribution in [0.15, 0.2) is 10.6 Å². The lowest BCUT2D eigenvalue weighted by Crippen LogP contribution is -2.43. The van der Waals surface area contributed by atoms with Gasteiger partial charge in [0.1, 0.15) is 5.76 Å². The van der Waals surface area contributed by atoms with Crippen molar-refractivity contribution in [1.29, 1.82) is 0 Å². The van der Waals surface area contributed by atoms with E-state index in [1.54, 1.807) is 0 Å². The van der Waals surface area contributed by atoms with E-state index in [1.807, 2.05) is 0 Å². The van der Waals surface area contributed by atoms with Gasteiger partial charge in [-0.2, -0.15) is 0 Å². The van der Waals surface area contributed by atoms with E-state index in [4.69, 9.17) is 4.52 Å². The van der Waals surface area contributed by atoms with E-state index in [-0.39, 0.29) is 0 Å². The summed E-state index contributed by atoms with van der Waals surface area (Å²) in [5, 5.41) is 7.44. The van der Waals surface area contributed by atoms with Crippen LogP contribution in [0.2, 0.25) is 0 Å². The number of aryl methyl sites for hydroxylation is 2. The first-order valence-corrected chi connectivity index (χ1v) is 6.76. The van der Waals surface area contributed by atoms with Gasteiger partial charge in [-0.15, -0.1) is 0 Å². The summed E-state index contributed by atoms with van der Waals surface area (Å²) in [7, 11) is 0. The van der Waals surface area contributed by atoms with Crippen LogP contribution in [0, 0.1) is 0 Å². The molecule has 2 heterocycles. The van der Waals surface area contributed by atoms with E-state index in [2.05, 4.69) is 28.4 Å². The largest absolute Gasteiger partial charge is 0.361 e. The van der Waals surface area contributed by atoms with Gasteiger partial charge in [-0.05, 0) is 19.4 Å². The van der Waals surface area contributed by atoms with E-state index in [0.29, 0.717) is 0 Å². The first kappa shape index (κ1) is 12.6. The maximum absolute atomic E-state index is 5.33. The Labute approximate surface area is 103 Å². The minimum atomic E-state index is 1.01. The summed E-state index contributed by atoms with van der Waals surface area (Å²) in [4.78, 5) is 2.51. The summed E-state index contributed by atoms with van der Waals surface area (Å²) in [6.45, 7) is 7.95. The van der Waals surface area contributed by atoms with Gasteiger partial charge in [0.25, 0.3) is 0 Å². The number of aromatic nitrogens is 1. The van der Waals surface area contributed by atoms with Gasteiger partial charge in [0.15, 0.2) is 0 Å². The Morgan fingerprint density at radius 1 is 1.35 bits per heavy atom. The summed E-state index contributed by atoms with van der Waals surface area (Å²) in [6.07, 6.45) is 4.34. The van der Waals surface area contributed by atoms with Crippen LogP contribution >= 0.6 is 0 Å². The third-order valence-electron chi connectivity index (χ3n) is 3.22. The maximum Gasteiger partial charge on any atom is 0.137 e. The van der Waals surface area contributed by atoms with Crippen molar-refractivity contribution in [2.75, 3.05) is 32.7 Å². The first-order valence-electron chi connectivity index (χ1n) is 6.76. The molecule has 1 fully saturated rings. The molecule has 2 rings (SSSR count). The van der Waals surface area contributed by atoms with Gasteiger partial charge in [-0.1, -0.05) is 18.5 Å². The van der Waals surface area contributed by atoms with Crippen molar-refractivity contribution >= 4 is 0 Å². The molecule has 0 radical (unpaired) electrons. The number of piperazine rings is 1. The molecule has 4 heteroatoms. The highest BCUT2D eigenvalue weighted by atomic mass is 16.5. The fraction of sp³-hybridized carbons (Fsp3) is 0.769. The highest BCUT2D eigenvalue weighted by Gasteiger charge is 2.09. The van der Waals surface area contributed by atoms with Gasteiger partial charge in [-0.25, -0.2) is 0 Å². The molecular weight excluding hydrogens is 214 g/mol. The molecule has 0 aromatic carbocycles. The van der Waals surface area contributed by atoms with E-state index in [0.717, 1.165) is 43.8 Å². The third kappa shape index (κ3) is 4.13. The molecule has 0 amide bonds. The monoisotopic (exact) mass is 237 g/mol. The number of hydrogen-bond acceptors (Lipinski definition) is 4. The summed E-state index contributed by atoms with van der Waals surface area (Å²) in [5.41, 5.74) is 1.10. The van der Waals surface area contributed by atoms with Crippen LogP contribution in [0.4, 0.5) is 0 Å². The van der Waals surface area contributed by atoms with Gasteiger partial charge < -0.3 is 14.7 Å². The number of nitrogens with zero attached hydrogens (tertiary/aromatic N) is 2. The average molecular weight is 237 g/mol. The Balaban J connectivity index is 1.66. The van der Waals surface area contributed by atoms with Gasteiger partial charge in [0.2, 0.25) is 0 Å². The molecule has 1 aliphatic heterocycles. The number of hydrogen-bond donors (Lipinski definition) is 1. The average Bonchev–Trinajstić information content (AvgIpc) is 2.79. The van der Waals surface area contributed by atoms with Gasteiger partial charge in [-0.3, -0.25) is 0 Å². The molecule has 1 aromatic rings. The minimum absolute atomic E-state index is 1.01. The lowest BCUT2D eigenvalue weighted by atomic mass is 10.2. The molecule has 0 aliphatic carbocycles. The van der Waals surface area contributed by atoms with Gasteiger partial charge >= 0.3 is 0 Å². The van der Waals surface area contributed by atoms with Crippen molar-refractivity contribution in [1.82, 2.24) is 15.4 Å². The summed E-state index contributed by atoms with van der Waals surface area (Å²) < 4.78 is 5.33. The number of nitrogens with one attached hydrogen (secondary N) is 1. The second-order valence-corrected chi connectivity index (χ2v) is 4.73.